The Morgan fingerprint density at radius 2 is 1.97 bits per heavy atom. The molecule has 37 heavy (non-hydrogen) atoms. The second-order valence-electron chi connectivity index (χ2n) is 9.79. The van der Waals surface area contributed by atoms with Gasteiger partial charge in [0.15, 0.2) is 5.82 Å². The van der Waals surface area contributed by atoms with Gasteiger partial charge in [-0.25, -0.2) is 9.37 Å². The van der Waals surface area contributed by atoms with Gasteiger partial charge in [0.1, 0.15) is 11.5 Å². The second-order valence-corrected chi connectivity index (χ2v) is 9.79. The van der Waals surface area contributed by atoms with Crippen LogP contribution in [0.4, 0.5) is 4.39 Å². The van der Waals surface area contributed by atoms with Crippen molar-refractivity contribution < 1.29 is 4.39 Å². The number of rotatable bonds is 7. The van der Waals surface area contributed by atoms with Crippen molar-refractivity contribution >= 4 is 27.5 Å². The summed E-state index contributed by atoms with van der Waals surface area (Å²) in [4.78, 5) is 19.5. The Labute approximate surface area is 214 Å². The van der Waals surface area contributed by atoms with E-state index in [2.05, 4.69) is 47.5 Å². The van der Waals surface area contributed by atoms with E-state index in [0.29, 0.717) is 5.82 Å². The number of aromatic nitrogens is 6. The topological polar surface area (TPSA) is 98.4 Å². The number of aryl methyl sites for hydroxylation is 1. The first-order valence-electron chi connectivity index (χ1n) is 12.6. The minimum atomic E-state index is -0.254. The van der Waals surface area contributed by atoms with E-state index in [1.54, 1.807) is 24.5 Å². The molecule has 0 bridgehead atoms. The lowest BCUT2D eigenvalue weighted by atomic mass is 10.0. The average Bonchev–Trinajstić information content (AvgIpc) is 3.52. The first-order valence-corrected chi connectivity index (χ1v) is 12.6. The zero-order valence-electron chi connectivity index (χ0n) is 21.0. The van der Waals surface area contributed by atoms with E-state index in [1.165, 1.54) is 5.57 Å². The summed E-state index contributed by atoms with van der Waals surface area (Å²) in [6.07, 6.45) is 10.2. The van der Waals surface area contributed by atoms with Crippen LogP contribution in [-0.4, -0.2) is 68.8 Å². The number of aromatic amines is 2. The van der Waals surface area contributed by atoms with Crippen molar-refractivity contribution in [3.8, 4) is 22.6 Å². The Kier molecular flexibility index (Phi) is 6.23. The van der Waals surface area contributed by atoms with E-state index < -0.39 is 0 Å². The number of fused-ring (bicyclic) bond motifs is 2. The standard InChI is InChI=1S/C28H29FN8/c1-37(2)9-3-4-17-10-19(12-20(29)11-17)22-14-31-15-25-26(22)34-28(33-25)27-21-13-23(18-5-7-30-8-6-18)32-16-24(21)35-36-27/h5,10-16,30H,3-4,6-9H2,1-2H3,(H,33,34)(H,35,36). The molecule has 5 aromatic rings. The smallest absolute Gasteiger partial charge is 0.159 e. The quantitative estimate of drug-likeness (QED) is 0.305. The molecule has 1 aliphatic rings. The molecule has 0 saturated carbocycles. The lowest BCUT2D eigenvalue weighted by molar-refractivity contribution is 0.400. The van der Waals surface area contributed by atoms with E-state index in [4.69, 9.17) is 4.98 Å². The molecule has 0 atom stereocenters. The van der Waals surface area contributed by atoms with Gasteiger partial charge in [0.25, 0.3) is 0 Å². The van der Waals surface area contributed by atoms with E-state index in [-0.39, 0.29) is 5.82 Å². The van der Waals surface area contributed by atoms with Gasteiger partial charge < -0.3 is 15.2 Å². The molecule has 9 heteroatoms. The number of hydrogen-bond acceptors (Lipinski definition) is 6. The highest BCUT2D eigenvalue weighted by Gasteiger charge is 2.18. The second kappa shape index (κ2) is 9.84. The van der Waals surface area contributed by atoms with Crippen molar-refractivity contribution in [3.63, 3.8) is 0 Å². The first-order chi connectivity index (χ1) is 18.0. The lowest BCUT2D eigenvalue weighted by Gasteiger charge is -2.13. The number of nitrogens with zero attached hydrogens (tertiary/aromatic N) is 5. The molecule has 0 spiro atoms. The van der Waals surface area contributed by atoms with E-state index >= 15 is 0 Å². The van der Waals surface area contributed by atoms with Crippen LogP contribution >= 0.6 is 0 Å². The van der Waals surface area contributed by atoms with Gasteiger partial charge in [0.2, 0.25) is 0 Å². The fraction of sp³-hybridized carbons (Fsp3) is 0.286. The maximum Gasteiger partial charge on any atom is 0.159 e. The molecule has 0 amide bonds. The summed E-state index contributed by atoms with van der Waals surface area (Å²) in [5, 5.41) is 11.9. The summed E-state index contributed by atoms with van der Waals surface area (Å²) in [7, 11) is 4.09. The number of nitrogens with one attached hydrogen (secondary N) is 3. The van der Waals surface area contributed by atoms with Crippen LogP contribution in [0.25, 0.3) is 50.2 Å². The highest BCUT2D eigenvalue weighted by atomic mass is 19.1. The summed E-state index contributed by atoms with van der Waals surface area (Å²) >= 11 is 0. The summed E-state index contributed by atoms with van der Waals surface area (Å²) in [5.74, 6) is 0.380. The molecule has 188 valence electrons. The molecule has 4 aromatic heterocycles. The van der Waals surface area contributed by atoms with Crippen LogP contribution in [0.1, 0.15) is 24.1 Å². The summed E-state index contributed by atoms with van der Waals surface area (Å²) in [5.41, 5.74) is 7.79. The van der Waals surface area contributed by atoms with Crippen molar-refractivity contribution in [1.29, 1.82) is 0 Å². The van der Waals surface area contributed by atoms with Crippen LogP contribution in [0.15, 0.2) is 48.9 Å². The molecule has 0 radical (unpaired) electrons. The van der Waals surface area contributed by atoms with Gasteiger partial charge in [-0.15, -0.1) is 0 Å². The van der Waals surface area contributed by atoms with E-state index in [0.717, 1.165) is 88.9 Å². The summed E-state index contributed by atoms with van der Waals surface area (Å²) in [6.45, 7) is 2.75. The predicted octanol–water partition coefficient (Wildman–Crippen LogP) is 4.57. The summed E-state index contributed by atoms with van der Waals surface area (Å²) < 4.78 is 14.6. The number of H-pyrrole nitrogens is 2. The zero-order chi connectivity index (χ0) is 25.4. The highest BCUT2D eigenvalue weighted by molar-refractivity contribution is 5.97. The number of imidazole rings is 1. The highest BCUT2D eigenvalue weighted by Crippen LogP contribution is 2.32. The van der Waals surface area contributed by atoms with Crippen molar-refractivity contribution in [2.24, 2.45) is 0 Å². The molecular formula is C28H29FN8. The molecule has 0 aliphatic carbocycles. The average molecular weight is 497 g/mol. The van der Waals surface area contributed by atoms with Gasteiger partial charge >= 0.3 is 0 Å². The minimum Gasteiger partial charge on any atom is -0.335 e. The Hall–Kier alpha value is -3.95. The summed E-state index contributed by atoms with van der Waals surface area (Å²) in [6, 6.07) is 7.28. The molecule has 0 fully saturated rings. The Morgan fingerprint density at radius 3 is 2.81 bits per heavy atom. The fourth-order valence-corrected chi connectivity index (χ4v) is 4.93. The van der Waals surface area contributed by atoms with Gasteiger partial charge in [-0.1, -0.05) is 12.1 Å². The third-order valence-electron chi connectivity index (χ3n) is 6.80. The zero-order valence-corrected chi connectivity index (χ0v) is 21.0. The maximum atomic E-state index is 14.6. The van der Waals surface area contributed by atoms with Crippen LogP contribution in [0.5, 0.6) is 0 Å². The van der Waals surface area contributed by atoms with Crippen molar-refractivity contribution in [2.45, 2.75) is 19.3 Å². The fourth-order valence-electron chi connectivity index (χ4n) is 4.93. The molecule has 0 saturated heterocycles. The maximum absolute atomic E-state index is 14.6. The molecule has 0 unspecified atom stereocenters. The van der Waals surface area contributed by atoms with Gasteiger partial charge in [-0.2, -0.15) is 5.10 Å². The Morgan fingerprint density at radius 1 is 1.05 bits per heavy atom. The SMILES string of the molecule is CN(C)CCCc1cc(F)cc(-c2cncc3[nH]c(-c4n[nH]c5cnc(C6=CCNCC6)cc45)nc23)c1. The normalized spacial score (nSPS) is 14.1. The third kappa shape index (κ3) is 4.75. The molecule has 5 heterocycles. The van der Waals surface area contributed by atoms with Crippen LogP contribution < -0.4 is 5.32 Å². The number of pyridine rings is 2. The number of benzene rings is 1. The minimum absolute atomic E-state index is 0.254. The lowest BCUT2D eigenvalue weighted by Crippen LogP contribution is -2.20. The molecule has 1 aromatic carbocycles. The molecule has 1 aliphatic heterocycles. The number of hydrogen-bond donors (Lipinski definition) is 3. The van der Waals surface area contributed by atoms with Gasteiger partial charge in [0, 0.05) is 23.7 Å². The molecule has 3 N–H and O–H groups in total. The van der Waals surface area contributed by atoms with Crippen LogP contribution in [0.3, 0.4) is 0 Å². The van der Waals surface area contributed by atoms with Crippen molar-refractivity contribution in [3.05, 3.63) is 66.0 Å². The van der Waals surface area contributed by atoms with E-state index in [9.17, 15) is 4.39 Å². The number of halogens is 1. The van der Waals surface area contributed by atoms with Crippen LogP contribution in [-0.2, 0) is 6.42 Å². The van der Waals surface area contributed by atoms with Crippen molar-refractivity contribution in [2.75, 3.05) is 33.7 Å². The Bertz CT molecular complexity index is 1610. The first kappa shape index (κ1) is 23.4. The predicted molar refractivity (Wildman–Crippen MR) is 145 cm³/mol. The molecular weight excluding hydrogens is 467 g/mol. The van der Waals surface area contributed by atoms with E-state index in [1.807, 2.05) is 26.4 Å². The van der Waals surface area contributed by atoms with Crippen LogP contribution in [0, 0.1) is 5.82 Å². The van der Waals surface area contributed by atoms with Gasteiger partial charge in [-0.05, 0) is 81.3 Å². The Balaban J connectivity index is 1.39. The third-order valence-corrected chi connectivity index (χ3v) is 6.80. The molecule has 6 rings (SSSR count). The molecule has 8 nitrogen and oxygen atoms in total. The van der Waals surface area contributed by atoms with Crippen molar-refractivity contribution in [1.82, 2.24) is 40.3 Å². The van der Waals surface area contributed by atoms with Crippen LogP contribution in [0.2, 0.25) is 0 Å². The largest absolute Gasteiger partial charge is 0.335 e. The monoisotopic (exact) mass is 496 g/mol. The van der Waals surface area contributed by atoms with Gasteiger partial charge in [0.05, 0.1) is 34.6 Å². The van der Waals surface area contributed by atoms with Gasteiger partial charge in [-0.3, -0.25) is 15.1 Å².